The van der Waals surface area contributed by atoms with Crippen LogP contribution in [-0.4, -0.2) is 33.0 Å². The number of thioether (sulfide) groups is 1. The number of nitrogens with two attached hydrogens (primary N) is 1. The third-order valence-corrected chi connectivity index (χ3v) is 4.59. The van der Waals surface area contributed by atoms with Gasteiger partial charge in [-0.25, -0.2) is 9.97 Å². The maximum atomic E-state index is 9.56. The minimum absolute atomic E-state index is 0.0262. The Morgan fingerprint density at radius 3 is 2.00 bits per heavy atom. The van der Waals surface area contributed by atoms with Crippen LogP contribution in [-0.2, 0) is 0 Å². The lowest BCUT2D eigenvalue weighted by Gasteiger charge is -2.32. The highest BCUT2D eigenvalue weighted by atomic mass is 32.2. The second-order valence-electron chi connectivity index (χ2n) is 6.03. The molecule has 0 bridgehead atoms. The van der Waals surface area contributed by atoms with Crippen LogP contribution >= 0.6 is 11.8 Å². The molecule has 5 heteroatoms. The Morgan fingerprint density at radius 1 is 1.16 bits per heavy atom. The molecule has 1 rings (SSSR count). The smallest absolute Gasteiger partial charge is 0.188 e. The van der Waals surface area contributed by atoms with Crippen LogP contribution in [0.5, 0.6) is 0 Å². The number of nitrogens with zero attached hydrogens (tertiary/aromatic N) is 2. The van der Waals surface area contributed by atoms with Gasteiger partial charge < -0.3 is 10.8 Å². The molecule has 2 unspecified atom stereocenters. The summed E-state index contributed by atoms with van der Waals surface area (Å²) >= 11 is 1.46. The van der Waals surface area contributed by atoms with Gasteiger partial charge in [-0.15, -0.1) is 0 Å². The van der Waals surface area contributed by atoms with Crippen LogP contribution in [0.4, 0.5) is 0 Å². The Bertz CT molecular complexity index is 420. The fourth-order valence-electron chi connectivity index (χ4n) is 1.71. The first kappa shape index (κ1) is 16.4. The predicted octanol–water partition coefficient (Wildman–Crippen LogP) is 2.23. The summed E-state index contributed by atoms with van der Waals surface area (Å²) < 4.78 is 0. The molecule has 0 saturated carbocycles. The van der Waals surface area contributed by atoms with E-state index in [1.807, 2.05) is 20.8 Å². The molecule has 0 radical (unpaired) electrons. The maximum Gasteiger partial charge on any atom is 0.188 e. The Labute approximate surface area is 120 Å². The summed E-state index contributed by atoms with van der Waals surface area (Å²) in [5.41, 5.74) is 9.24. The molecule has 3 N–H and O–H groups in total. The van der Waals surface area contributed by atoms with Crippen molar-refractivity contribution in [1.82, 2.24) is 9.97 Å². The molecule has 0 aliphatic rings. The van der Waals surface area contributed by atoms with Gasteiger partial charge in [-0.3, -0.25) is 0 Å². The largest absolute Gasteiger partial charge is 0.395 e. The monoisotopic (exact) mass is 283 g/mol. The van der Waals surface area contributed by atoms with Crippen LogP contribution in [0, 0.1) is 26.2 Å². The molecule has 19 heavy (non-hydrogen) atoms. The topological polar surface area (TPSA) is 72.0 Å². The van der Waals surface area contributed by atoms with Gasteiger partial charge in [-0.05, 0) is 31.7 Å². The van der Waals surface area contributed by atoms with Gasteiger partial charge in [-0.1, -0.05) is 32.5 Å². The first-order valence-electron chi connectivity index (χ1n) is 6.51. The minimum Gasteiger partial charge on any atom is -0.395 e. The molecular formula is C14H25N3OS. The van der Waals surface area contributed by atoms with Crippen molar-refractivity contribution in [2.75, 3.05) is 6.61 Å². The van der Waals surface area contributed by atoms with Crippen molar-refractivity contribution in [3.8, 4) is 0 Å². The highest BCUT2D eigenvalue weighted by molar-refractivity contribution is 7.99. The lowest BCUT2D eigenvalue weighted by molar-refractivity contribution is 0.233. The maximum absolute atomic E-state index is 9.56. The van der Waals surface area contributed by atoms with Crippen molar-refractivity contribution in [3.63, 3.8) is 0 Å². The van der Waals surface area contributed by atoms with E-state index in [4.69, 9.17) is 5.73 Å². The van der Waals surface area contributed by atoms with E-state index in [0.717, 1.165) is 17.0 Å². The summed E-state index contributed by atoms with van der Waals surface area (Å²) in [5.74, 6) is 0. The van der Waals surface area contributed by atoms with Gasteiger partial charge in [0.2, 0.25) is 0 Å². The molecule has 0 aliphatic carbocycles. The second-order valence-corrected chi connectivity index (χ2v) is 7.24. The highest BCUT2D eigenvalue weighted by Crippen LogP contribution is 2.30. The third kappa shape index (κ3) is 4.16. The molecular weight excluding hydrogens is 258 g/mol. The number of hydrogen-bond acceptors (Lipinski definition) is 5. The van der Waals surface area contributed by atoms with E-state index < -0.39 is 0 Å². The Kier molecular flexibility index (Phi) is 5.35. The fraction of sp³-hybridized carbons (Fsp3) is 0.714. The zero-order chi connectivity index (χ0) is 14.8. The number of aliphatic hydroxyl groups excluding tert-OH is 1. The van der Waals surface area contributed by atoms with Crippen molar-refractivity contribution in [2.24, 2.45) is 11.1 Å². The van der Waals surface area contributed by atoms with Gasteiger partial charge >= 0.3 is 0 Å². The zero-order valence-corrected chi connectivity index (χ0v) is 13.5. The van der Waals surface area contributed by atoms with Crippen molar-refractivity contribution in [3.05, 3.63) is 17.0 Å². The van der Waals surface area contributed by atoms with Crippen molar-refractivity contribution in [2.45, 2.75) is 58.0 Å². The SMILES string of the molecule is Cc1nc(SC(CO)C(N)C(C)(C)C)nc(C)c1C. The van der Waals surface area contributed by atoms with Crippen LogP contribution in [0.15, 0.2) is 5.16 Å². The molecule has 0 spiro atoms. The molecule has 0 aliphatic heterocycles. The van der Waals surface area contributed by atoms with Gasteiger partial charge in [-0.2, -0.15) is 0 Å². The number of aliphatic hydroxyl groups is 1. The molecule has 108 valence electrons. The van der Waals surface area contributed by atoms with Gasteiger partial charge in [0.15, 0.2) is 5.16 Å². The molecule has 4 nitrogen and oxygen atoms in total. The predicted molar refractivity (Wildman–Crippen MR) is 80.4 cm³/mol. The van der Waals surface area contributed by atoms with E-state index in [1.54, 1.807) is 0 Å². The second kappa shape index (κ2) is 6.20. The normalized spacial score (nSPS) is 15.4. The number of hydrogen-bond donors (Lipinski definition) is 2. The van der Waals surface area contributed by atoms with E-state index in [9.17, 15) is 5.11 Å². The highest BCUT2D eigenvalue weighted by Gasteiger charge is 2.30. The van der Waals surface area contributed by atoms with Crippen LogP contribution in [0.3, 0.4) is 0 Å². The van der Waals surface area contributed by atoms with Crippen molar-refractivity contribution in [1.29, 1.82) is 0 Å². The molecule has 0 saturated heterocycles. The molecule has 1 heterocycles. The average molecular weight is 283 g/mol. The molecule has 0 amide bonds. The standard InChI is InChI=1S/C14H25N3OS/c1-8-9(2)16-13(17-10(8)3)19-11(7-18)12(15)14(4,5)6/h11-12,18H,7,15H2,1-6H3. The van der Waals surface area contributed by atoms with E-state index >= 15 is 0 Å². The van der Waals surface area contributed by atoms with Gasteiger partial charge in [0, 0.05) is 17.4 Å². The van der Waals surface area contributed by atoms with Crippen LogP contribution in [0.1, 0.15) is 37.7 Å². The average Bonchev–Trinajstić information content (AvgIpc) is 2.30. The van der Waals surface area contributed by atoms with E-state index in [-0.39, 0.29) is 23.3 Å². The number of aryl methyl sites for hydroxylation is 2. The summed E-state index contributed by atoms with van der Waals surface area (Å²) in [7, 11) is 0. The summed E-state index contributed by atoms with van der Waals surface area (Å²) in [6.45, 7) is 12.2. The van der Waals surface area contributed by atoms with Crippen LogP contribution < -0.4 is 5.73 Å². The van der Waals surface area contributed by atoms with Crippen molar-refractivity contribution >= 4 is 11.8 Å². The van der Waals surface area contributed by atoms with Crippen LogP contribution in [0.2, 0.25) is 0 Å². The summed E-state index contributed by atoms with van der Waals surface area (Å²) in [5, 5.41) is 10.2. The number of aromatic nitrogens is 2. The summed E-state index contributed by atoms with van der Waals surface area (Å²) in [6.07, 6.45) is 0. The molecule has 0 fully saturated rings. The molecule has 0 aromatic carbocycles. The van der Waals surface area contributed by atoms with Crippen LogP contribution in [0.25, 0.3) is 0 Å². The summed E-state index contributed by atoms with van der Waals surface area (Å²) in [4.78, 5) is 8.94. The molecule has 2 atom stereocenters. The van der Waals surface area contributed by atoms with Gasteiger partial charge in [0.1, 0.15) is 0 Å². The Morgan fingerprint density at radius 2 is 1.63 bits per heavy atom. The lowest BCUT2D eigenvalue weighted by Crippen LogP contribution is -2.45. The Balaban J connectivity index is 2.94. The fourth-order valence-corrected chi connectivity index (χ4v) is 2.99. The minimum atomic E-state index is -0.118. The Hall–Kier alpha value is -0.650. The quantitative estimate of drug-likeness (QED) is 0.655. The van der Waals surface area contributed by atoms with Crippen molar-refractivity contribution < 1.29 is 5.11 Å². The first-order valence-corrected chi connectivity index (χ1v) is 7.39. The molecule has 1 aromatic heterocycles. The lowest BCUT2D eigenvalue weighted by atomic mass is 9.85. The van der Waals surface area contributed by atoms with E-state index in [1.165, 1.54) is 11.8 Å². The third-order valence-electron chi connectivity index (χ3n) is 3.45. The number of rotatable bonds is 4. The van der Waals surface area contributed by atoms with Gasteiger partial charge in [0.25, 0.3) is 0 Å². The van der Waals surface area contributed by atoms with E-state index in [2.05, 4.69) is 30.7 Å². The zero-order valence-electron chi connectivity index (χ0n) is 12.7. The van der Waals surface area contributed by atoms with E-state index in [0.29, 0.717) is 5.16 Å². The van der Waals surface area contributed by atoms with Gasteiger partial charge in [0.05, 0.1) is 11.9 Å². The molecule has 1 aromatic rings. The summed E-state index contributed by atoms with van der Waals surface area (Å²) in [6, 6.07) is -0.118. The first-order chi connectivity index (χ1) is 8.66.